The minimum atomic E-state index is -0.0853. The Morgan fingerprint density at radius 2 is 2.28 bits per heavy atom. The molecule has 0 aliphatic rings. The highest BCUT2D eigenvalue weighted by molar-refractivity contribution is 5.77. The summed E-state index contributed by atoms with van der Waals surface area (Å²) in [6.45, 7) is 1.16. The Bertz CT molecular complexity index is 382. The number of amides is 1. The van der Waals surface area contributed by atoms with Crippen LogP contribution in [0.2, 0.25) is 0 Å². The van der Waals surface area contributed by atoms with Gasteiger partial charge in [-0.05, 0) is 30.7 Å². The molecule has 0 saturated carbocycles. The maximum Gasteiger partial charge on any atom is 0.260 e. The van der Waals surface area contributed by atoms with Crippen molar-refractivity contribution >= 4 is 5.91 Å². The van der Waals surface area contributed by atoms with Crippen LogP contribution in [-0.4, -0.2) is 42.7 Å². The molecule has 0 aliphatic heterocycles. The lowest BCUT2D eigenvalue weighted by Crippen LogP contribution is -2.33. The zero-order valence-corrected chi connectivity index (χ0v) is 10.6. The molecule has 3 N–H and O–H groups in total. The first-order chi connectivity index (χ1) is 8.67. The summed E-state index contributed by atoms with van der Waals surface area (Å²) in [4.78, 5) is 13.3. The Morgan fingerprint density at radius 1 is 1.50 bits per heavy atom. The minimum absolute atomic E-state index is 0.00401. The van der Waals surface area contributed by atoms with Gasteiger partial charge in [-0.15, -0.1) is 0 Å². The van der Waals surface area contributed by atoms with E-state index in [9.17, 15) is 4.79 Å². The highest BCUT2D eigenvalue weighted by Gasteiger charge is 2.08. The lowest BCUT2D eigenvalue weighted by atomic mass is 10.2. The highest BCUT2D eigenvalue weighted by Crippen LogP contribution is 2.13. The number of aliphatic hydroxyl groups excluding tert-OH is 1. The molecule has 5 nitrogen and oxygen atoms in total. The second-order valence-corrected chi connectivity index (χ2v) is 4.05. The van der Waals surface area contributed by atoms with Crippen LogP contribution in [0.15, 0.2) is 24.3 Å². The average Bonchev–Trinajstić information content (AvgIpc) is 2.42. The van der Waals surface area contributed by atoms with Crippen LogP contribution >= 0.6 is 0 Å². The van der Waals surface area contributed by atoms with Gasteiger partial charge >= 0.3 is 0 Å². The van der Waals surface area contributed by atoms with Crippen LogP contribution in [0.1, 0.15) is 12.0 Å². The standard InChI is InChI=1S/C13H20N2O3/c1-15(7-3-6-14)13(17)10-18-12-5-2-4-11(8-12)9-16/h2,4-5,8,16H,3,6-7,9-10,14H2,1H3. The van der Waals surface area contributed by atoms with Gasteiger partial charge in [-0.3, -0.25) is 4.79 Å². The molecule has 1 amide bonds. The van der Waals surface area contributed by atoms with Gasteiger partial charge in [0, 0.05) is 13.6 Å². The molecule has 1 aromatic carbocycles. The fourth-order valence-electron chi connectivity index (χ4n) is 1.44. The predicted octanol–water partition coefficient (Wildman–Crippen LogP) is 0.365. The molecule has 0 radical (unpaired) electrons. The maximum absolute atomic E-state index is 11.7. The molecule has 0 atom stereocenters. The number of nitrogens with two attached hydrogens (primary N) is 1. The molecule has 0 heterocycles. The van der Waals surface area contributed by atoms with E-state index in [2.05, 4.69) is 0 Å². The van der Waals surface area contributed by atoms with Crippen LogP contribution < -0.4 is 10.5 Å². The number of aliphatic hydroxyl groups is 1. The van der Waals surface area contributed by atoms with Crippen molar-refractivity contribution in [2.24, 2.45) is 5.73 Å². The zero-order valence-electron chi connectivity index (χ0n) is 10.6. The number of hydrogen-bond donors (Lipinski definition) is 2. The number of carbonyl (C=O) groups excluding carboxylic acids is 1. The number of rotatable bonds is 7. The van der Waals surface area contributed by atoms with Crippen LogP contribution in [0.5, 0.6) is 5.75 Å². The van der Waals surface area contributed by atoms with Crippen molar-refractivity contribution in [3.63, 3.8) is 0 Å². The van der Waals surface area contributed by atoms with E-state index in [4.69, 9.17) is 15.6 Å². The van der Waals surface area contributed by atoms with Crippen LogP contribution in [-0.2, 0) is 11.4 Å². The Labute approximate surface area is 107 Å². The molecule has 100 valence electrons. The molecule has 1 rings (SSSR count). The van der Waals surface area contributed by atoms with E-state index >= 15 is 0 Å². The van der Waals surface area contributed by atoms with Gasteiger partial charge in [0.2, 0.25) is 0 Å². The Hall–Kier alpha value is -1.59. The molecule has 1 aromatic rings. The first-order valence-electron chi connectivity index (χ1n) is 5.94. The van der Waals surface area contributed by atoms with Gasteiger partial charge in [-0.2, -0.15) is 0 Å². The molecule has 0 bridgehead atoms. The van der Waals surface area contributed by atoms with Crippen molar-refractivity contribution in [3.8, 4) is 5.75 Å². The lowest BCUT2D eigenvalue weighted by molar-refractivity contribution is -0.132. The van der Waals surface area contributed by atoms with Gasteiger partial charge in [0.15, 0.2) is 6.61 Å². The third-order valence-corrected chi connectivity index (χ3v) is 2.57. The van der Waals surface area contributed by atoms with E-state index in [1.165, 1.54) is 0 Å². The van der Waals surface area contributed by atoms with Gasteiger partial charge in [-0.25, -0.2) is 0 Å². The summed E-state index contributed by atoms with van der Waals surface area (Å²) in [5.74, 6) is 0.500. The summed E-state index contributed by atoms with van der Waals surface area (Å²) in [5, 5.41) is 8.98. The van der Waals surface area contributed by atoms with Crippen LogP contribution in [0.25, 0.3) is 0 Å². The second kappa shape index (κ2) is 7.68. The average molecular weight is 252 g/mol. The third-order valence-electron chi connectivity index (χ3n) is 2.57. The van der Waals surface area contributed by atoms with E-state index in [1.807, 2.05) is 0 Å². The number of carbonyl (C=O) groups is 1. The summed E-state index contributed by atoms with van der Waals surface area (Å²) >= 11 is 0. The molecule has 0 fully saturated rings. The molecular formula is C13H20N2O3. The second-order valence-electron chi connectivity index (χ2n) is 4.05. The van der Waals surface area contributed by atoms with Crippen LogP contribution in [0, 0.1) is 0 Å². The smallest absolute Gasteiger partial charge is 0.260 e. The molecule has 5 heteroatoms. The lowest BCUT2D eigenvalue weighted by Gasteiger charge is -2.17. The zero-order chi connectivity index (χ0) is 13.4. The first-order valence-corrected chi connectivity index (χ1v) is 5.94. The normalized spacial score (nSPS) is 10.2. The quantitative estimate of drug-likeness (QED) is 0.735. The minimum Gasteiger partial charge on any atom is -0.484 e. The summed E-state index contributed by atoms with van der Waals surface area (Å²) in [6, 6.07) is 7.05. The SMILES string of the molecule is CN(CCCN)C(=O)COc1cccc(CO)c1. The fourth-order valence-corrected chi connectivity index (χ4v) is 1.44. The Morgan fingerprint density at radius 3 is 2.94 bits per heavy atom. The summed E-state index contributed by atoms with van der Waals surface area (Å²) in [5.41, 5.74) is 6.14. The van der Waals surface area contributed by atoms with Crippen LogP contribution in [0.4, 0.5) is 0 Å². The monoisotopic (exact) mass is 252 g/mol. The molecule has 0 aliphatic carbocycles. The molecular weight excluding hydrogens is 232 g/mol. The number of likely N-dealkylation sites (N-methyl/N-ethyl adjacent to an activating group) is 1. The van der Waals surface area contributed by atoms with Crippen molar-refractivity contribution in [1.82, 2.24) is 4.90 Å². The van der Waals surface area contributed by atoms with Gasteiger partial charge in [0.1, 0.15) is 5.75 Å². The van der Waals surface area contributed by atoms with Gasteiger partial charge in [-0.1, -0.05) is 12.1 Å². The fraction of sp³-hybridized carbons (Fsp3) is 0.462. The predicted molar refractivity (Wildman–Crippen MR) is 69.2 cm³/mol. The Kier molecular flexibility index (Phi) is 6.18. The molecule has 0 aromatic heterocycles. The van der Waals surface area contributed by atoms with Crippen LogP contribution in [0.3, 0.4) is 0 Å². The van der Waals surface area contributed by atoms with Crippen molar-refractivity contribution in [1.29, 1.82) is 0 Å². The maximum atomic E-state index is 11.7. The van der Waals surface area contributed by atoms with E-state index < -0.39 is 0 Å². The van der Waals surface area contributed by atoms with Crippen molar-refractivity contribution in [2.75, 3.05) is 26.7 Å². The van der Waals surface area contributed by atoms with Gasteiger partial charge in [0.25, 0.3) is 5.91 Å². The van der Waals surface area contributed by atoms with Crippen molar-refractivity contribution < 1.29 is 14.6 Å². The Balaban J connectivity index is 2.41. The number of benzene rings is 1. The molecule has 0 unspecified atom stereocenters. The molecule has 0 saturated heterocycles. The van der Waals surface area contributed by atoms with E-state index in [0.29, 0.717) is 18.8 Å². The van der Waals surface area contributed by atoms with E-state index in [1.54, 1.807) is 36.2 Å². The van der Waals surface area contributed by atoms with Crippen molar-refractivity contribution in [3.05, 3.63) is 29.8 Å². The summed E-state index contributed by atoms with van der Waals surface area (Å²) in [6.07, 6.45) is 0.780. The van der Waals surface area contributed by atoms with Crippen molar-refractivity contribution in [2.45, 2.75) is 13.0 Å². The van der Waals surface area contributed by atoms with E-state index in [0.717, 1.165) is 12.0 Å². The topological polar surface area (TPSA) is 75.8 Å². The van der Waals surface area contributed by atoms with Gasteiger partial charge < -0.3 is 20.5 Å². The molecule has 18 heavy (non-hydrogen) atoms. The van der Waals surface area contributed by atoms with Gasteiger partial charge in [0.05, 0.1) is 6.61 Å². The number of nitrogens with zero attached hydrogens (tertiary/aromatic N) is 1. The highest BCUT2D eigenvalue weighted by atomic mass is 16.5. The third kappa shape index (κ3) is 4.73. The van der Waals surface area contributed by atoms with E-state index in [-0.39, 0.29) is 19.1 Å². The largest absolute Gasteiger partial charge is 0.484 e. The molecule has 0 spiro atoms. The number of hydrogen-bond acceptors (Lipinski definition) is 4. The summed E-state index contributed by atoms with van der Waals surface area (Å²) < 4.78 is 5.38. The summed E-state index contributed by atoms with van der Waals surface area (Å²) in [7, 11) is 1.73. The number of ether oxygens (including phenoxy) is 1. The first kappa shape index (κ1) is 14.5.